The predicted molar refractivity (Wildman–Crippen MR) is 161 cm³/mol. The summed E-state index contributed by atoms with van der Waals surface area (Å²) in [6.45, 7) is 4.07. The van der Waals surface area contributed by atoms with Gasteiger partial charge in [0.2, 0.25) is 0 Å². The van der Waals surface area contributed by atoms with Gasteiger partial charge in [-0.2, -0.15) is 0 Å². The molecule has 7 nitrogen and oxygen atoms in total. The Morgan fingerprint density at radius 3 is 2.49 bits per heavy atom. The van der Waals surface area contributed by atoms with E-state index in [-0.39, 0.29) is 11.6 Å². The Labute approximate surface area is 241 Å². The maximum absolute atomic E-state index is 14.1. The summed E-state index contributed by atoms with van der Waals surface area (Å²) in [7, 11) is 4.84. The third-order valence-electron chi connectivity index (χ3n) is 7.44. The Bertz CT molecular complexity index is 1870. The molecule has 0 saturated heterocycles. The summed E-state index contributed by atoms with van der Waals surface area (Å²) >= 11 is 1.39. The molecule has 0 radical (unpaired) electrons. The van der Waals surface area contributed by atoms with E-state index in [1.807, 2.05) is 53.1 Å². The summed E-state index contributed by atoms with van der Waals surface area (Å²) < 4.78 is 24.8. The average molecular weight is 567 g/mol. The van der Waals surface area contributed by atoms with E-state index in [1.165, 1.54) is 16.9 Å². The van der Waals surface area contributed by atoms with Crippen LogP contribution in [-0.4, -0.2) is 32.5 Å². The van der Waals surface area contributed by atoms with Gasteiger partial charge in [0.05, 0.1) is 37.6 Å². The number of aryl methyl sites for hydroxylation is 1. The zero-order valence-corrected chi connectivity index (χ0v) is 24.0. The first-order chi connectivity index (χ1) is 20.1. The van der Waals surface area contributed by atoms with Gasteiger partial charge in [0, 0.05) is 5.56 Å². The quantitative estimate of drug-likeness (QED) is 0.284. The number of thiazole rings is 1. The predicted octanol–water partition coefficient (Wildman–Crippen LogP) is 4.91. The molecule has 1 aromatic heterocycles. The smallest absolute Gasteiger partial charge is 0.271 e. The van der Waals surface area contributed by atoms with Crippen molar-refractivity contribution in [3.63, 3.8) is 0 Å². The SMILES string of the molecule is C=CCOc1ccc(/C=c2/sc3n(c2=O)[C@H](c2ccc(OC)c(OC)c2)C2=C(N=3)c3ccccc3CC2)cc1OC. The molecule has 8 heteroatoms. The number of ether oxygens (including phenoxy) is 4. The lowest BCUT2D eigenvalue weighted by Crippen LogP contribution is -2.38. The number of fused-ring (bicyclic) bond motifs is 3. The van der Waals surface area contributed by atoms with E-state index in [0.717, 1.165) is 40.8 Å². The van der Waals surface area contributed by atoms with E-state index in [9.17, 15) is 4.79 Å². The van der Waals surface area contributed by atoms with Crippen molar-refractivity contribution in [2.45, 2.75) is 18.9 Å². The van der Waals surface area contributed by atoms with Crippen LogP contribution >= 0.6 is 11.3 Å². The third-order valence-corrected chi connectivity index (χ3v) is 8.42. The standard InChI is InChI=1S/C33H30N2O5S/c1-5-16-40-26-14-10-20(17-27(26)38-3)18-29-32(36)35-31(22-12-15-25(37-2)28(19-22)39-4)24-13-11-21-8-6-7-9-23(21)30(24)34-33(35)41-29/h5-10,12,14-15,17-19,31H,1,11,13,16H2,2-4H3/b29-18+/t31-/m1/s1. The average Bonchev–Trinajstić information content (AvgIpc) is 3.32. The number of methoxy groups -OCH3 is 3. The monoisotopic (exact) mass is 566 g/mol. The molecule has 0 amide bonds. The second-order valence-corrected chi connectivity index (χ2v) is 10.7. The van der Waals surface area contributed by atoms with Crippen molar-refractivity contribution in [2.24, 2.45) is 4.99 Å². The zero-order chi connectivity index (χ0) is 28.5. The van der Waals surface area contributed by atoms with Crippen LogP contribution < -0.4 is 33.8 Å². The minimum absolute atomic E-state index is 0.0927. The molecule has 0 N–H and O–H groups in total. The van der Waals surface area contributed by atoms with Crippen molar-refractivity contribution in [2.75, 3.05) is 27.9 Å². The fourth-order valence-electron chi connectivity index (χ4n) is 5.54. The second-order valence-electron chi connectivity index (χ2n) is 9.74. The van der Waals surface area contributed by atoms with Crippen molar-refractivity contribution >= 4 is 23.1 Å². The molecular weight excluding hydrogens is 536 g/mol. The zero-order valence-electron chi connectivity index (χ0n) is 23.2. The summed E-state index contributed by atoms with van der Waals surface area (Å²) in [6.07, 6.45) is 5.26. The van der Waals surface area contributed by atoms with Crippen molar-refractivity contribution < 1.29 is 18.9 Å². The summed E-state index contributed by atoms with van der Waals surface area (Å²) in [5, 5.41) is 0. The van der Waals surface area contributed by atoms with Crippen molar-refractivity contribution in [1.82, 2.24) is 4.57 Å². The Kier molecular flexibility index (Phi) is 7.24. The van der Waals surface area contributed by atoms with Crippen LogP contribution in [0.1, 0.15) is 34.7 Å². The topological polar surface area (TPSA) is 71.3 Å². The second kappa shape index (κ2) is 11.1. The molecule has 0 spiro atoms. The van der Waals surface area contributed by atoms with Gasteiger partial charge in [-0.05, 0) is 65.4 Å². The molecule has 4 aromatic rings. The molecule has 3 aromatic carbocycles. The van der Waals surface area contributed by atoms with Crippen LogP contribution in [0.25, 0.3) is 11.8 Å². The maximum Gasteiger partial charge on any atom is 0.271 e. The molecule has 0 unspecified atom stereocenters. The number of hydrogen-bond acceptors (Lipinski definition) is 7. The molecule has 0 fully saturated rings. The first kappa shape index (κ1) is 26.7. The van der Waals surface area contributed by atoms with Gasteiger partial charge in [-0.15, -0.1) is 0 Å². The molecule has 0 saturated carbocycles. The molecule has 208 valence electrons. The first-order valence-corrected chi connectivity index (χ1v) is 14.1. The Morgan fingerprint density at radius 2 is 1.71 bits per heavy atom. The first-order valence-electron chi connectivity index (χ1n) is 13.3. The number of aromatic nitrogens is 1. The Morgan fingerprint density at radius 1 is 0.951 bits per heavy atom. The van der Waals surface area contributed by atoms with Crippen LogP contribution in [0.15, 0.2) is 88.7 Å². The Balaban J connectivity index is 1.55. The molecule has 41 heavy (non-hydrogen) atoms. The number of benzene rings is 3. The van der Waals surface area contributed by atoms with Crippen LogP contribution in [0.3, 0.4) is 0 Å². The van der Waals surface area contributed by atoms with Crippen molar-refractivity contribution in [1.29, 1.82) is 0 Å². The summed E-state index contributed by atoms with van der Waals surface area (Å²) in [4.78, 5) is 19.9. The molecule has 2 aliphatic rings. The molecule has 1 atom stereocenters. The fourth-order valence-corrected chi connectivity index (χ4v) is 6.54. The number of allylic oxidation sites excluding steroid dienone is 1. The van der Waals surface area contributed by atoms with Crippen molar-refractivity contribution in [3.05, 3.63) is 121 Å². The highest BCUT2D eigenvalue weighted by molar-refractivity contribution is 7.07. The molecule has 6 rings (SSSR count). The number of nitrogens with zero attached hydrogens (tertiary/aromatic N) is 2. The largest absolute Gasteiger partial charge is 0.493 e. The highest BCUT2D eigenvalue weighted by atomic mass is 32.1. The minimum atomic E-state index is -0.319. The molecule has 1 aliphatic carbocycles. The van der Waals surface area contributed by atoms with Gasteiger partial charge < -0.3 is 18.9 Å². The molecule has 1 aliphatic heterocycles. The van der Waals surface area contributed by atoms with Crippen molar-refractivity contribution in [3.8, 4) is 23.0 Å². The summed E-state index contributed by atoms with van der Waals surface area (Å²) in [5.41, 5.74) is 6.15. The van der Waals surface area contributed by atoms with Crippen LogP contribution in [-0.2, 0) is 6.42 Å². The van der Waals surface area contributed by atoms with Crippen LogP contribution in [0.2, 0.25) is 0 Å². The molecule has 0 bridgehead atoms. The van der Waals surface area contributed by atoms with E-state index in [4.69, 9.17) is 23.9 Å². The number of hydrogen-bond donors (Lipinski definition) is 0. The van der Waals surface area contributed by atoms with E-state index in [2.05, 4.69) is 24.8 Å². The highest BCUT2D eigenvalue weighted by Gasteiger charge is 2.33. The Hall–Kier alpha value is -4.56. The molecule has 2 heterocycles. The van der Waals surface area contributed by atoms with Gasteiger partial charge in [-0.25, -0.2) is 4.99 Å². The van der Waals surface area contributed by atoms with Gasteiger partial charge >= 0.3 is 0 Å². The lowest BCUT2D eigenvalue weighted by Gasteiger charge is -2.31. The third kappa shape index (κ3) is 4.74. The van der Waals surface area contributed by atoms with Crippen LogP contribution in [0.5, 0.6) is 23.0 Å². The van der Waals surface area contributed by atoms with Crippen LogP contribution in [0.4, 0.5) is 0 Å². The minimum Gasteiger partial charge on any atom is -0.493 e. The van der Waals surface area contributed by atoms with Gasteiger partial charge in [0.15, 0.2) is 27.8 Å². The van der Waals surface area contributed by atoms with E-state index in [0.29, 0.717) is 38.9 Å². The summed E-state index contributed by atoms with van der Waals surface area (Å²) in [5.74, 6) is 2.46. The lowest BCUT2D eigenvalue weighted by atomic mass is 9.83. The number of rotatable bonds is 8. The van der Waals surface area contributed by atoms with Gasteiger partial charge in [0.25, 0.3) is 5.56 Å². The fraction of sp³-hybridized carbons (Fsp3) is 0.212. The lowest BCUT2D eigenvalue weighted by molar-refractivity contribution is 0.326. The highest BCUT2D eigenvalue weighted by Crippen LogP contribution is 2.42. The van der Waals surface area contributed by atoms with E-state index >= 15 is 0 Å². The normalized spacial score (nSPS) is 15.8. The molecular formula is C33H30N2O5S. The summed E-state index contributed by atoms with van der Waals surface area (Å²) in [6, 6.07) is 19.5. The maximum atomic E-state index is 14.1. The van der Waals surface area contributed by atoms with Gasteiger partial charge in [-0.3, -0.25) is 9.36 Å². The van der Waals surface area contributed by atoms with Gasteiger partial charge in [0.1, 0.15) is 6.61 Å². The van der Waals surface area contributed by atoms with Crippen LogP contribution in [0, 0.1) is 0 Å². The van der Waals surface area contributed by atoms with E-state index in [1.54, 1.807) is 27.4 Å². The van der Waals surface area contributed by atoms with Gasteiger partial charge in [-0.1, -0.05) is 60.4 Å². The van der Waals surface area contributed by atoms with E-state index < -0.39 is 0 Å².